The van der Waals surface area contributed by atoms with Crippen LogP contribution in [-0.4, -0.2) is 46.9 Å². The Hall–Kier alpha value is -1.61. The number of fused-ring (bicyclic) bond motifs is 3. The third-order valence-corrected chi connectivity index (χ3v) is 8.20. The van der Waals surface area contributed by atoms with Gasteiger partial charge in [-0.2, -0.15) is 4.55 Å². The molecule has 3 aromatic heterocycles. The maximum Gasteiger partial charge on any atom is 0.238 e. The predicted octanol–water partition coefficient (Wildman–Crippen LogP) is 3.17. The van der Waals surface area contributed by atoms with Gasteiger partial charge in [-0.1, -0.05) is 13.3 Å². The van der Waals surface area contributed by atoms with Gasteiger partial charge in [-0.3, -0.25) is 4.40 Å². The van der Waals surface area contributed by atoms with Crippen LogP contribution in [0.2, 0.25) is 0 Å². The van der Waals surface area contributed by atoms with Gasteiger partial charge in [0.25, 0.3) is 0 Å². The molecule has 3 aromatic rings. The monoisotopic (exact) mass is 416 g/mol. The first-order chi connectivity index (χ1) is 14.2. The van der Waals surface area contributed by atoms with Crippen molar-refractivity contribution in [3.05, 3.63) is 30.0 Å². The van der Waals surface area contributed by atoms with Crippen LogP contribution in [0.4, 0.5) is 0 Å². The van der Waals surface area contributed by atoms with E-state index in [1.807, 2.05) is 12.4 Å². The first-order valence-electron chi connectivity index (χ1n) is 10.8. The fraction of sp³-hybridized carbons (Fsp3) is 0.619. The zero-order valence-corrected chi connectivity index (χ0v) is 17.7. The highest BCUT2D eigenvalue weighted by Crippen LogP contribution is 2.43. The van der Waals surface area contributed by atoms with Crippen molar-refractivity contribution in [3.63, 3.8) is 0 Å². The van der Waals surface area contributed by atoms with Crippen molar-refractivity contribution in [2.24, 2.45) is 5.92 Å². The topological polar surface area (TPSA) is 98.5 Å². The molecule has 2 aliphatic rings. The van der Waals surface area contributed by atoms with Crippen LogP contribution < -0.4 is 4.72 Å². The third kappa shape index (κ3) is 3.56. The van der Waals surface area contributed by atoms with E-state index in [1.165, 1.54) is 0 Å². The molecule has 8 heteroatoms. The normalized spacial score (nSPS) is 26.0. The second-order valence-electron chi connectivity index (χ2n) is 8.51. The number of aromatic amines is 1. The molecule has 1 unspecified atom stereocenters. The molecule has 4 N–H and O–H groups in total. The number of aliphatic hydroxyl groups is 1. The second kappa shape index (κ2) is 7.91. The number of nitrogens with one attached hydrogen (secondary N) is 2. The SMILES string of the molecule is CC[C@@H]1C[C@H](N[S+](O)C2CC2)C[C@@H]1c1nc(CCCO)c2cnc3[nH]ccc3n12. The van der Waals surface area contributed by atoms with Crippen LogP contribution in [0.5, 0.6) is 0 Å². The highest BCUT2D eigenvalue weighted by atomic mass is 32.2. The third-order valence-electron chi connectivity index (χ3n) is 6.53. The number of hydrogen-bond donors (Lipinski definition) is 4. The fourth-order valence-electron chi connectivity index (χ4n) is 4.87. The molecule has 2 aliphatic carbocycles. The van der Waals surface area contributed by atoms with Gasteiger partial charge >= 0.3 is 0 Å². The lowest BCUT2D eigenvalue weighted by Gasteiger charge is -2.16. The first kappa shape index (κ1) is 19.4. The summed E-state index contributed by atoms with van der Waals surface area (Å²) in [5, 5.41) is 9.79. The molecule has 0 bridgehead atoms. The Bertz CT molecular complexity index is 998. The summed E-state index contributed by atoms with van der Waals surface area (Å²) >= 11 is -0.651. The molecule has 4 atom stereocenters. The van der Waals surface area contributed by atoms with E-state index in [4.69, 9.17) is 4.98 Å². The van der Waals surface area contributed by atoms with Gasteiger partial charge < -0.3 is 10.1 Å². The van der Waals surface area contributed by atoms with Crippen molar-refractivity contribution in [3.8, 4) is 0 Å². The number of nitrogens with zero attached hydrogens (tertiary/aromatic N) is 3. The van der Waals surface area contributed by atoms with Crippen LogP contribution >= 0.6 is 0 Å². The maximum atomic E-state index is 10.4. The molecule has 2 fully saturated rings. The lowest BCUT2D eigenvalue weighted by molar-refractivity contribution is 0.288. The van der Waals surface area contributed by atoms with E-state index in [0.717, 1.165) is 66.7 Å². The molecule has 0 aliphatic heterocycles. The lowest BCUT2D eigenvalue weighted by Crippen LogP contribution is -2.35. The minimum atomic E-state index is -0.651. The zero-order chi connectivity index (χ0) is 20.0. The van der Waals surface area contributed by atoms with E-state index in [9.17, 15) is 9.66 Å². The minimum Gasteiger partial charge on any atom is -0.396 e. The molecule has 0 radical (unpaired) electrons. The van der Waals surface area contributed by atoms with Crippen LogP contribution in [0.3, 0.4) is 0 Å². The number of rotatable bonds is 8. The van der Waals surface area contributed by atoms with Gasteiger partial charge in [0, 0.05) is 31.6 Å². The number of aromatic nitrogens is 4. The Morgan fingerprint density at radius 2 is 2.17 bits per heavy atom. The quantitative estimate of drug-likeness (QED) is 0.423. The minimum absolute atomic E-state index is 0.168. The summed E-state index contributed by atoms with van der Waals surface area (Å²) in [6.45, 7) is 2.43. The van der Waals surface area contributed by atoms with E-state index in [1.54, 1.807) is 0 Å². The molecule has 29 heavy (non-hydrogen) atoms. The second-order valence-corrected chi connectivity index (χ2v) is 10.0. The molecule has 5 rings (SSSR count). The van der Waals surface area contributed by atoms with Crippen molar-refractivity contribution in [1.29, 1.82) is 0 Å². The average Bonchev–Trinajstić information content (AvgIpc) is 3.18. The number of hydrogen-bond acceptors (Lipinski definition) is 5. The summed E-state index contributed by atoms with van der Waals surface area (Å²) in [5.74, 6) is 2.01. The summed E-state index contributed by atoms with van der Waals surface area (Å²) in [5.41, 5.74) is 4.00. The fourth-order valence-corrected chi connectivity index (χ4v) is 6.18. The molecular formula is C21H30N5O2S+. The number of aliphatic hydroxyl groups excluding tert-OH is 1. The molecule has 156 valence electrons. The smallest absolute Gasteiger partial charge is 0.238 e. The molecule has 0 spiro atoms. The van der Waals surface area contributed by atoms with Crippen molar-refractivity contribution < 1.29 is 9.66 Å². The number of aryl methyl sites for hydroxylation is 1. The van der Waals surface area contributed by atoms with Crippen molar-refractivity contribution in [1.82, 2.24) is 24.1 Å². The average molecular weight is 417 g/mol. The standard InChI is InChI=1S/C21H30N5O2S/c1-2-13-10-14(25-29(28)15-5-6-15)11-16(13)21-24-17(4-3-9-27)19-12-23-20-18(26(19)21)7-8-22-20/h7-8,12-16,22,25,27-28H,2-6,9-11H2,1H3/q+1/t13-,14+,16+,29?/m1/s1. The molecule has 2 saturated carbocycles. The Morgan fingerprint density at radius 1 is 1.31 bits per heavy atom. The summed E-state index contributed by atoms with van der Waals surface area (Å²) in [6, 6.07) is 2.41. The van der Waals surface area contributed by atoms with Crippen LogP contribution in [0.1, 0.15) is 62.9 Å². The summed E-state index contributed by atoms with van der Waals surface area (Å²) in [4.78, 5) is 12.9. The van der Waals surface area contributed by atoms with Crippen LogP contribution in [0.15, 0.2) is 18.5 Å². The van der Waals surface area contributed by atoms with E-state index in [-0.39, 0.29) is 6.61 Å². The van der Waals surface area contributed by atoms with Gasteiger partial charge in [-0.05, 0) is 37.7 Å². The van der Waals surface area contributed by atoms with Crippen molar-refractivity contribution in [2.75, 3.05) is 6.61 Å². The first-order valence-corrected chi connectivity index (χ1v) is 12.1. The molecule has 3 heterocycles. The van der Waals surface area contributed by atoms with Gasteiger partial charge in [-0.25, -0.2) is 9.97 Å². The Balaban J connectivity index is 1.52. The van der Waals surface area contributed by atoms with E-state index in [0.29, 0.717) is 29.5 Å². The van der Waals surface area contributed by atoms with Crippen LogP contribution in [0, 0.1) is 5.92 Å². The van der Waals surface area contributed by atoms with Gasteiger partial charge in [-0.15, -0.1) is 4.72 Å². The Labute approximate surface area is 173 Å². The van der Waals surface area contributed by atoms with Crippen LogP contribution in [-0.2, 0) is 17.8 Å². The highest BCUT2D eigenvalue weighted by molar-refractivity contribution is 7.90. The van der Waals surface area contributed by atoms with E-state index >= 15 is 0 Å². The Kier molecular flexibility index (Phi) is 5.28. The molecule has 7 nitrogen and oxygen atoms in total. The van der Waals surface area contributed by atoms with Gasteiger partial charge in [0.05, 0.1) is 29.0 Å². The van der Waals surface area contributed by atoms with E-state index < -0.39 is 11.4 Å². The van der Waals surface area contributed by atoms with Gasteiger partial charge in [0.2, 0.25) is 11.4 Å². The van der Waals surface area contributed by atoms with Crippen molar-refractivity contribution in [2.45, 2.75) is 69.1 Å². The van der Waals surface area contributed by atoms with Crippen molar-refractivity contribution >= 4 is 28.0 Å². The molecular weight excluding hydrogens is 386 g/mol. The molecule has 0 amide bonds. The van der Waals surface area contributed by atoms with Gasteiger partial charge in [0.1, 0.15) is 5.82 Å². The summed E-state index contributed by atoms with van der Waals surface area (Å²) in [7, 11) is 0. The lowest BCUT2D eigenvalue weighted by atomic mass is 9.93. The Morgan fingerprint density at radius 3 is 2.93 bits per heavy atom. The predicted molar refractivity (Wildman–Crippen MR) is 116 cm³/mol. The summed E-state index contributed by atoms with van der Waals surface area (Å²) in [6.07, 6.45) is 10.8. The zero-order valence-electron chi connectivity index (χ0n) is 16.8. The van der Waals surface area contributed by atoms with Gasteiger partial charge in [0.15, 0.2) is 10.9 Å². The number of H-pyrrole nitrogens is 1. The maximum absolute atomic E-state index is 10.4. The summed E-state index contributed by atoms with van der Waals surface area (Å²) < 4.78 is 16.2. The van der Waals surface area contributed by atoms with E-state index in [2.05, 4.69) is 32.1 Å². The highest BCUT2D eigenvalue weighted by Gasteiger charge is 2.46. The van der Waals surface area contributed by atoms with Crippen LogP contribution in [0.25, 0.3) is 16.7 Å². The molecule has 0 saturated heterocycles. The largest absolute Gasteiger partial charge is 0.396 e. The molecule has 0 aromatic carbocycles. The number of imidazole rings is 1.